The molecule has 0 aliphatic heterocycles. The van der Waals surface area contributed by atoms with Gasteiger partial charge in [0, 0.05) is 25.8 Å². The maximum absolute atomic E-state index is 11.7. The average Bonchev–Trinajstić information content (AvgIpc) is 2.64. The Hall–Kier alpha value is -1.26. The lowest BCUT2D eigenvalue weighted by molar-refractivity contribution is -0.147. The van der Waals surface area contributed by atoms with E-state index in [1.807, 2.05) is 13.8 Å². The first kappa shape index (κ1) is 25.7. The second kappa shape index (κ2) is 15.8. The molecule has 0 aromatic carbocycles. The van der Waals surface area contributed by atoms with Gasteiger partial charge in [0.2, 0.25) is 0 Å². The molecule has 158 valence electrons. The van der Waals surface area contributed by atoms with Crippen LogP contribution in [-0.4, -0.2) is 71.7 Å². The van der Waals surface area contributed by atoms with Crippen molar-refractivity contribution in [2.24, 2.45) is 5.92 Å². The van der Waals surface area contributed by atoms with Crippen molar-refractivity contribution in [3.63, 3.8) is 0 Å². The molecule has 0 aromatic heterocycles. The number of esters is 2. The molecule has 0 spiro atoms. The quantitative estimate of drug-likeness (QED) is 0.162. The third-order valence-electron chi connectivity index (χ3n) is 3.76. The van der Waals surface area contributed by atoms with Gasteiger partial charge in [0.25, 0.3) is 0 Å². The number of aliphatic hydroxyl groups is 1. The highest BCUT2D eigenvalue weighted by Crippen LogP contribution is 2.15. The Labute approximate surface area is 163 Å². The fourth-order valence-corrected chi connectivity index (χ4v) is 4.75. The molecule has 0 heterocycles. The summed E-state index contributed by atoms with van der Waals surface area (Å²) < 4.78 is 21.5. The van der Waals surface area contributed by atoms with Gasteiger partial charge in [-0.2, -0.15) is 0 Å². The molecule has 0 saturated carbocycles. The Balaban J connectivity index is 3.84. The summed E-state index contributed by atoms with van der Waals surface area (Å²) in [5.74, 6) is -1.37. The predicted molar refractivity (Wildman–Crippen MR) is 104 cm³/mol. The molecule has 0 aliphatic rings. The zero-order valence-electron chi connectivity index (χ0n) is 16.8. The summed E-state index contributed by atoms with van der Waals surface area (Å²) in [7, 11) is -2.08. The monoisotopic (exact) mass is 405 g/mol. The number of rotatable bonds is 17. The van der Waals surface area contributed by atoms with E-state index in [1.165, 1.54) is 0 Å². The van der Waals surface area contributed by atoms with E-state index in [4.69, 9.17) is 18.3 Å². The lowest BCUT2D eigenvalue weighted by atomic mass is 10.2. The highest BCUT2D eigenvalue weighted by Gasteiger charge is 2.29. The molecule has 0 aliphatic carbocycles. The summed E-state index contributed by atoms with van der Waals surface area (Å²) >= 11 is 0. The van der Waals surface area contributed by atoms with Crippen LogP contribution >= 0.6 is 0 Å². The van der Waals surface area contributed by atoms with Crippen LogP contribution in [-0.2, 0) is 27.9 Å². The first-order valence-electron chi connectivity index (χ1n) is 9.45. The lowest BCUT2D eigenvalue weighted by Gasteiger charge is -2.25. The number of carbonyl (C=O) groups is 2. The molecule has 0 saturated heterocycles. The highest BCUT2D eigenvalue weighted by atomic mass is 28.4. The normalized spacial score (nSPS) is 12.4. The molecule has 0 fully saturated rings. The predicted octanol–water partition coefficient (Wildman–Crippen LogP) is 1.38. The largest absolute Gasteiger partial charge is 0.465 e. The number of ether oxygens (including phenoxy) is 2. The third-order valence-corrected chi connectivity index (χ3v) is 6.82. The van der Waals surface area contributed by atoms with Gasteiger partial charge in [-0.25, -0.2) is 4.79 Å². The summed E-state index contributed by atoms with van der Waals surface area (Å²) in [6.07, 6.45) is 2.19. The van der Waals surface area contributed by atoms with Gasteiger partial charge in [-0.1, -0.05) is 6.58 Å². The van der Waals surface area contributed by atoms with Crippen molar-refractivity contribution in [2.45, 2.75) is 39.3 Å². The molecule has 0 amide bonds. The molecule has 27 heavy (non-hydrogen) atoms. The van der Waals surface area contributed by atoms with E-state index in [9.17, 15) is 14.7 Å². The van der Waals surface area contributed by atoms with Crippen LogP contribution in [0.2, 0.25) is 12.6 Å². The summed E-state index contributed by atoms with van der Waals surface area (Å²) in [5.41, 5.74) is 0. The minimum atomic E-state index is -2.08. The smallest absolute Gasteiger partial charge is 0.334 e. The Morgan fingerprint density at radius 2 is 1.78 bits per heavy atom. The van der Waals surface area contributed by atoms with Crippen molar-refractivity contribution in [3.05, 3.63) is 12.7 Å². The van der Waals surface area contributed by atoms with E-state index >= 15 is 0 Å². The van der Waals surface area contributed by atoms with Crippen molar-refractivity contribution in [2.75, 3.05) is 46.1 Å². The minimum Gasteiger partial charge on any atom is -0.465 e. The average molecular weight is 406 g/mol. The SMILES string of the molecule is C=CC(=O)OCC(CO)COC(=O)CCNCCC[Si](C)(OCC)OCC. The van der Waals surface area contributed by atoms with Gasteiger partial charge < -0.3 is 28.7 Å². The van der Waals surface area contributed by atoms with Gasteiger partial charge in [-0.05, 0) is 39.4 Å². The van der Waals surface area contributed by atoms with E-state index in [0.717, 1.165) is 25.1 Å². The Morgan fingerprint density at radius 1 is 1.15 bits per heavy atom. The zero-order chi connectivity index (χ0) is 20.5. The molecule has 1 atom stereocenters. The maximum atomic E-state index is 11.7. The molecular weight excluding hydrogens is 370 g/mol. The van der Waals surface area contributed by atoms with E-state index < -0.39 is 20.4 Å². The second-order valence-corrected chi connectivity index (χ2v) is 9.51. The van der Waals surface area contributed by atoms with E-state index in [2.05, 4.69) is 18.4 Å². The van der Waals surface area contributed by atoms with Crippen LogP contribution in [0, 0.1) is 5.92 Å². The molecule has 1 unspecified atom stereocenters. The molecular formula is C18H35NO7Si. The van der Waals surface area contributed by atoms with Crippen molar-refractivity contribution in [1.29, 1.82) is 0 Å². The number of nitrogens with one attached hydrogen (secondary N) is 1. The van der Waals surface area contributed by atoms with Gasteiger partial charge in [0.15, 0.2) is 0 Å². The van der Waals surface area contributed by atoms with Crippen molar-refractivity contribution in [3.8, 4) is 0 Å². The first-order valence-corrected chi connectivity index (χ1v) is 12.0. The number of hydrogen-bond acceptors (Lipinski definition) is 8. The molecule has 2 N–H and O–H groups in total. The summed E-state index contributed by atoms with van der Waals surface area (Å²) in [5, 5.41) is 12.4. The van der Waals surface area contributed by atoms with Crippen LogP contribution in [0.4, 0.5) is 0 Å². The number of aliphatic hydroxyl groups excluding tert-OH is 1. The van der Waals surface area contributed by atoms with Crippen LogP contribution < -0.4 is 5.32 Å². The summed E-state index contributed by atoms with van der Waals surface area (Å²) in [4.78, 5) is 22.7. The zero-order valence-corrected chi connectivity index (χ0v) is 17.8. The topological polar surface area (TPSA) is 103 Å². The molecule has 8 nitrogen and oxygen atoms in total. The Bertz CT molecular complexity index is 428. The third kappa shape index (κ3) is 13.5. The molecule has 9 heteroatoms. The minimum absolute atomic E-state index is 0.00637. The van der Waals surface area contributed by atoms with Crippen LogP contribution in [0.1, 0.15) is 26.7 Å². The first-order chi connectivity index (χ1) is 12.9. The van der Waals surface area contributed by atoms with E-state index in [1.54, 1.807) is 0 Å². The fraction of sp³-hybridized carbons (Fsp3) is 0.778. The summed E-state index contributed by atoms with van der Waals surface area (Å²) in [6, 6.07) is 0.897. The van der Waals surface area contributed by atoms with Gasteiger partial charge in [-0.15, -0.1) is 0 Å². The van der Waals surface area contributed by atoms with Gasteiger partial charge in [0.1, 0.15) is 0 Å². The second-order valence-electron chi connectivity index (χ2n) is 6.17. The van der Waals surface area contributed by atoms with Crippen LogP contribution in [0.15, 0.2) is 12.7 Å². The van der Waals surface area contributed by atoms with Crippen LogP contribution in [0.25, 0.3) is 0 Å². The van der Waals surface area contributed by atoms with Gasteiger partial charge in [-0.3, -0.25) is 4.79 Å². The summed E-state index contributed by atoms with van der Waals surface area (Å²) in [6.45, 7) is 11.6. The van der Waals surface area contributed by atoms with Crippen LogP contribution in [0.3, 0.4) is 0 Å². The van der Waals surface area contributed by atoms with E-state index in [0.29, 0.717) is 19.8 Å². The Kier molecular flexibility index (Phi) is 15.0. The number of hydrogen-bond donors (Lipinski definition) is 2. The van der Waals surface area contributed by atoms with Crippen LogP contribution in [0.5, 0.6) is 0 Å². The Morgan fingerprint density at radius 3 is 2.33 bits per heavy atom. The lowest BCUT2D eigenvalue weighted by Crippen LogP contribution is -2.39. The van der Waals surface area contributed by atoms with Crippen molar-refractivity contribution in [1.82, 2.24) is 5.32 Å². The molecule has 0 aromatic rings. The molecule has 0 radical (unpaired) electrons. The standard InChI is InChI=1S/C18H35NO7Si/c1-5-17(21)23-14-16(13-20)15-24-18(22)9-11-19-10-8-12-27(4,25-6-2)26-7-3/h5,16,19-20H,1,6-15H2,2-4H3. The van der Waals surface area contributed by atoms with Crippen molar-refractivity contribution < 1.29 is 33.0 Å². The maximum Gasteiger partial charge on any atom is 0.334 e. The fourth-order valence-electron chi connectivity index (χ4n) is 2.34. The highest BCUT2D eigenvalue weighted by molar-refractivity contribution is 6.66. The molecule has 0 rings (SSSR count). The van der Waals surface area contributed by atoms with Gasteiger partial charge in [0.05, 0.1) is 32.2 Å². The van der Waals surface area contributed by atoms with Gasteiger partial charge >= 0.3 is 20.5 Å². The van der Waals surface area contributed by atoms with Crippen molar-refractivity contribution >= 4 is 20.5 Å². The van der Waals surface area contributed by atoms with E-state index in [-0.39, 0.29) is 32.2 Å². The number of carbonyl (C=O) groups excluding carboxylic acids is 2. The molecule has 0 bridgehead atoms.